The number of sulfonamides is 1. The number of nitrogens with zero attached hydrogens (tertiary/aromatic N) is 1. The van der Waals surface area contributed by atoms with E-state index in [-0.39, 0.29) is 23.1 Å². The lowest BCUT2D eigenvalue weighted by Crippen LogP contribution is -2.46. The van der Waals surface area contributed by atoms with Crippen LogP contribution in [0, 0.1) is 12.8 Å². The Hall–Kier alpha value is -1.93. The highest BCUT2D eigenvalue weighted by molar-refractivity contribution is 7.89. The number of carbonyl (C=O) groups excluding carboxylic acids is 2. The van der Waals surface area contributed by atoms with Crippen molar-refractivity contribution in [1.82, 2.24) is 15.2 Å². The molecular formula is C15H23N3O4S. The van der Waals surface area contributed by atoms with Crippen molar-refractivity contribution in [1.29, 1.82) is 0 Å². The smallest absolute Gasteiger partial charge is 0.253 e. The fraction of sp³-hybridized carbons (Fsp3) is 0.467. The van der Waals surface area contributed by atoms with E-state index in [0.717, 1.165) is 9.87 Å². The third-order valence-electron chi connectivity index (χ3n) is 3.03. The molecule has 0 fully saturated rings. The van der Waals surface area contributed by atoms with Gasteiger partial charge in [0.2, 0.25) is 15.9 Å². The normalized spacial score (nSPS) is 11.6. The minimum Gasteiger partial charge on any atom is -0.273 e. The van der Waals surface area contributed by atoms with Crippen LogP contribution in [0.3, 0.4) is 0 Å². The molecule has 2 amide bonds. The van der Waals surface area contributed by atoms with Gasteiger partial charge in [-0.25, -0.2) is 8.42 Å². The molecule has 0 spiro atoms. The van der Waals surface area contributed by atoms with Gasteiger partial charge < -0.3 is 0 Å². The van der Waals surface area contributed by atoms with Gasteiger partial charge in [0.1, 0.15) is 0 Å². The van der Waals surface area contributed by atoms with E-state index in [1.54, 1.807) is 12.1 Å². The van der Waals surface area contributed by atoms with Crippen LogP contribution in [0.4, 0.5) is 0 Å². The number of hydrazine groups is 1. The first kappa shape index (κ1) is 19.1. The highest BCUT2D eigenvalue weighted by Crippen LogP contribution is 2.14. The van der Waals surface area contributed by atoms with Gasteiger partial charge in [0, 0.05) is 13.5 Å². The van der Waals surface area contributed by atoms with Crippen molar-refractivity contribution in [2.45, 2.75) is 32.1 Å². The standard InChI is InChI=1S/C15H23N3O4S/c1-11(2)9-14(19)16-17-15(20)10-18(4)23(21,22)13-7-5-12(3)6-8-13/h5-8,11H,9-10H2,1-4H3,(H,16,19)(H,17,20). The summed E-state index contributed by atoms with van der Waals surface area (Å²) < 4.78 is 25.6. The Morgan fingerprint density at radius 1 is 1.09 bits per heavy atom. The van der Waals surface area contributed by atoms with Gasteiger partial charge >= 0.3 is 0 Å². The van der Waals surface area contributed by atoms with Crippen molar-refractivity contribution in [2.24, 2.45) is 5.92 Å². The molecule has 0 saturated heterocycles. The highest BCUT2D eigenvalue weighted by atomic mass is 32.2. The van der Waals surface area contributed by atoms with E-state index >= 15 is 0 Å². The van der Waals surface area contributed by atoms with Crippen LogP contribution in [-0.4, -0.2) is 38.1 Å². The molecule has 0 saturated carbocycles. The molecule has 0 aliphatic rings. The molecule has 23 heavy (non-hydrogen) atoms. The van der Waals surface area contributed by atoms with Gasteiger partial charge in [-0.3, -0.25) is 20.4 Å². The molecule has 1 aromatic rings. The first-order chi connectivity index (χ1) is 10.6. The molecule has 1 aromatic carbocycles. The van der Waals surface area contributed by atoms with Crippen molar-refractivity contribution >= 4 is 21.8 Å². The molecule has 0 aliphatic heterocycles. The number of amides is 2. The molecule has 0 bridgehead atoms. The van der Waals surface area contributed by atoms with Gasteiger partial charge in [-0.1, -0.05) is 31.5 Å². The molecule has 0 atom stereocenters. The summed E-state index contributed by atoms with van der Waals surface area (Å²) in [5, 5.41) is 0. The number of hydrogen-bond donors (Lipinski definition) is 2. The van der Waals surface area contributed by atoms with Crippen LogP contribution in [0.15, 0.2) is 29.2 Å². The largest absolute Gasteiger partial charge is 0.273 e. The minimum atomic E-state index is -3.75. The SMILES string of the molecule is Cc1ccc(S(=O)(=O)N(C)CC(=O)NNC(=O)CC(C)C)cc1. The average molecular weight is 341 g/mol. The van der Waals surface area contributed by atoms with E-state index in [1.165, 1.54) is 19.2 Å². The lowest BCUT2D eigenvalue weighted by Gasteiger charge is -2.17. The van der Waals surface area contributed by atoms with Crippen LogP contribution >= 0.6 is 0 Å². The topological polar surface area (TPSA) is 95.6 Å². The molecular weight excluding hydrogens is 318 g/mol. The molecule has 0 heterocycles. The highest BCUT2D eigenvalue weighted by Gasteiger charge is 2.22. The zero-order valence-corrected chi connectivity index (χ0v) is 14.6. The summed E-state index contributed by atoms with van der Waals surface area (Å²) in [6.07, 6.45) is 0.276. The zero-order chi connectivity index (χ0) is 17.6. The second kappa shape index (κ2) is 8.07. The summed E-state index contributed by atoms with van der Waals surface area (Å²) in [4.78, 5) is 23.3. The lowest BCUT2D eigenvalue weighted by atomic mass is 10.1. The summed E-state index contributed by atoms with van der Waals surface area (Å²) in [6, 6.07) is 6.35. The number of nitrogens with one attached hydrogen (secondary N) is 2. The fourth-order valence-electron chi connectivity index (χ4n) is 1.78. The second-order valence-electron chi connectivity index (χ2n) is 5.77. The summed E-state index contributed by atoms with van der Waals surface area (Å²) in [5.41, 5.74) is 5.41. The second-order valence-corrected chi connectivity index (χ2v) is 7.81. The van der Waals surface area contributed by atoms with Crippen LogP contribution in [0.5, 0.6) is 0 Å². The predicted octanol–water partition coefficient (Wildman–Crippen LogP) is 0.809. The maximum Gasteiger partial charge on any atom is 0.253 e. The first-order valence-corrected chi connectivity index (χ1v) is 8.67. The molecule has 0 aliphatic carbocycles. The van der Waals surface area contributed by atoms with Gasteiger partial charge in [0.25, 0.3) is 5.91 Å². The Bertz CT molecular complexity index is 654. The fourth-order valence-corrected chi connectivity index (χ4v) is 2.91. The molecule has 128 valence electrons. The van der Waals surface area contributed by atoms with E-state index < -0.39 is 22.5 Å². The molecule has 2 N–H and O–H groups in total. The Morgan fingerprint density at radius 3 is 2.13 bits per heavy atom. The van der Waals surface area contributed by atoms with E-state index in [9.17, 15) is 18.0 Å². The third kappa shape index (κ3) is 5.99. The Labute approximate surface area is 137 Å². The van der Waals surface area contributed by atoms with Crippen molar-refractivity contribution in [3.8, 4) is 0 Å². The zero-order valence-electron chi connectivity index (χ0n) is 13.8. The van der Waals surface area contributed by atoms with Crippen molar-refractivity contribution in [2.75, 3.05) is 13.6 Å². The van der Waals surface area contributed by atoms with E-state index in [1.807, 2.05) is 20.8 Å². The Kier molecular flexibility index (Phi) is 6.71. The molecule has 7 nitrogen and oxygen atoms in total. The third-order valence-corrected chi connectivity index (χ3v) is 4.85. The van der Waals surface area contributed by atoms with Gasteiger partial charge in [-0.2, -0.15) is 4.31 Å². The van der Waals surface area contributed by atoms with Crippen LogP contribution < -0.4 is 10.9 Å². The Morgan fingerprint density at radius 2 is 1.61 bits per heavy atom. The van der Waals surface area contributed by atoms with Gasteiger partial charge in [0.15, 0.2) is 0 Å². The maximum absolute atomic E-state index is 12.3. The van der Waals surface area contributed by atoms with Gasteiger partial charge in [0.05, 0.1) is 11.4 Å². The first-order valence-electron chi connectivity index (χ1n) is 7.23. The molecule has 0 aromatic heterocycles. The quantitative estimate of drug-likeness (QED) is 0.749. The van der Waals surface area contributed by atoms with Gasteiger partial charge in [-0.15, -0.1) is 0 Å². The monoisotopic (exact) mass is 341 g/mol. The number of benzene rings is 1. The Balaban J connectivity index is 2.60. The lowest BCUT2D eigenvalue weighted by molar-refractivity contribution is -0.129. The van der Waals surface area contributed by atoms with Crippen LogP contribution in [-0.2, 0) is 19.6 Å². The van der Waals surface area contributed by atoms with Gasteiger partial charge in [-0.05, 0) is 25.0 Å². The number of likely N-dealkylation sites (N-methyl/N-ethyl adjacent to an activating group) is 1. The van der Waals surface area contributed by atoms with Crippen LogP contribution in [0.25, 0.3) is 0 Å². The molecule has 1 rings (SSSR count). The number of rotatable bonds is 6. The number of carbonyl (C=O) groups is 2. The predicted molar refractivity (Wildman–Crippen MR) is 86.7 cm³/mol. The molecule has 0 radical (unpaired) electrons. The maximum atomic E-state index is 12.3. The average Bonchev–Trinajstić information content (AvgIpc) is 2.44. The van der Waals surface area contributed by atoms with Crippen molar-refractivity contribution in [3.05, 3.63) is 29.8 Å². The molecule has 8 heteroatoms. The summed E-state index contributed by atoms with van der Waals surface area (Å²) in [5.74, 6) is -0.769. The van der Waals surface area contributed by atoms with E-state index in [0.29, 0.717) is 0 Å². The number of hydrogen-bond acceptors (Lipinski definition) is 4. The number of aryl methyl sites for hydroxylation is 1. The minimum absolute atomic E-state index is 0.113. The summed E-state index contributed by atoms with van der Waals surface area (Å²) >= 11 is 0. The van der Waals surface area contributed by atoms with Crippen LogP contribution in [0.2, 0.25) is 0 Å². The summed E-state index contributed by atoms with van der Waals surface area (Å²) in [6.45, 7) is 5.22. The van der Waals surface area contributed by atoms with Crippen LogP contribution in [0.1, 0.15) is 25.8 Å². The summed E-state index contributed by atoms with van der Waals surface area (Å²) in [7, 11) is -2.44. The van der Waals surface area contributed by atoms with Crippen molar-refractivity contribution < 1.29 is 18.0 Å². The van der Waals surface area contributed by atoms with E-state index in [4.69, 9.17) is 0 Å². The van der Waals surface area contributed by atoms with Crippen molar-refractivity contribution in [3.63, 3.8) is 0 Å². The van der Waals surface area contributed by atoms with E-state index in [2.05, 4.69) is 10.9 Å². The molecule has 0 unspecified atom stereocenters.